The molecule has 1 aliphatic heterocycles. The van der Waals surface area contributed by atoms with Gasteiger partial charge in [0.2, 0.25) is 0 Å². The van der Waals surface area contributed by atoms with Gasteiger partial charge in [-0.1, -0.05) is 13.8 Å². The number of benzene rings is 1. The van der Waals surface area contributed by atoms with Gasteiger partial charge in [0.25, 0.3) is 5.91 Å². The molecule has 0 bridgehead atoms. The molecule has 1 aromatic carbocycles. The lowest BCUT2D eigenvalue weighted by Gasteiger charge is -2.30. The fourth-order valence-electron chi connectivity index (χ4n) is 2.95. The van der Waals surface area contributed by atoms with E-state index in [-0.39, 0.29) is 36.0 Å². The number of ether oxygens (including phenoxy) is 2. The van der Waals surface area contributed by atoms with E-state index < -0.39 is 9.84 Å². The van der Waals surface area contributed by atoms with Crippen LogP contribution in [0.2, 0.25) is 0 Å². The van der Waals surface area contributed by atoms with E-state index in [1.807, 2.05) is 19.9 Å². The van der Waals surface area contributed by atoms with Crippen LogP contribution in [-0.2, 0) is 14.6 Å². The lowest BCUT2D eigenvalue weighted by atomic mass is 10.1. The van der Waals surface area contributed by atoms with Gasteiger partial charge in [-0.2, -0.15) is 5.26 Å². The average molecular weight is 380 g/mol. The summed E-state index contributed by atoms with van der Waals surface area (Å²) in [4.78, 5) is 14.3. The zero-order valence-electron chi connectivity index (χ0n) is 15.3. The first kappa shape index (κ1) is 20.0. The molecule has 0 saturated carbocycles. The highest BCUT2D eigenvalue weighted by molar-refractivity contribution is 7.91. The summed E-state index contributed by atoms with van der Waals surface area (Å²) in [6.07, 6.45) is 0.459. The molecule has 1 heterocycles. The molecule has 1 aromatic rings. The maximum absolute atomic E-state index is 12.7. The van der Waals surface area contributed by atoms with E-state index in [1.165, 1.54) is 13.2 Å². The second kappa shape index (κ2) is 8.41. The Morgan fingerprint density at radius 3 is 2.65 bits per heavy atom. The summed E-state index contributed by atoms with van der Waals surface area (Å²) in [5, 5.41) is 8.93. The largest absolute Gasteiger partial charge is 0.493 e. The fourth-order valence-corrected chi connectivity index (χ4v) is 4.68. The standard InChI is InChI=1S/C18H24N2O5S/c1-13(2)10-20(15-6-7-26(22,23)12-15)18(21)11-25-16-5-4-14(9-19)8-17(16)24-3/h4-5,8,13,15H,6-7,10-12H2,1-3H3/t15-/m0/s1. The van der Waals surface area contributed by atoms with Gasteiger partial charge in [0.1, 0.15) is 0 Å². The first-order valence-electron chi connectivity index (χ1n) is 8.46. The number of carbonyl (C=O) groups is 1. The summed E-state index contributed by atoms with van der Waals surface area (Å²) < 4.78 is 34.3. The van der Waals surface area contributed by atoms with Crippen LogP contribution in [0.4, 0.5) is 0 Å². The molecular weight excluding hydrogens is 356 g/mol. The topological polar surface area (TPSA) is 96.7 Å². The number of nitriles is 1. The zero-order chi connectivity index (χ0) is 19.3. The highest BCUT2D eigenvalue weighted by atomic mass is 32.2. The molecule has 1 fully saturated rings. The number of hydrogen-bond donors (Lipinski definition) is 0. The second-order valence-electron chi connectivity index (χ2n) is 6.76. The van der Waals surface area contributed by atoms with Gasteiger partial charge in [0.05, 0.1) is 30.2 Å². The maximum Gasteiger partial charge on any atom is 0.260 e. The summed E-state index contributed by atoms with van der Waals surface area (Å²) in [5.41, 5.74) is 0.429. The SMILES string of the molecule is COc1cc(C#N)ccc1OCC(=O)N(CC(C)C)[C@H]1CCS(=O)(=O)C1. The fraction of sp³-hybridized carbons (Fsp3) is 0.556. The molecule has 2 rings (SSSR count). The summed E-state index contributed by atoms with van der Waals surface area (Å²) in [5.74, 6) is 0.813. The predicted octanol–water partition coefficient (Wildman–Crippen LogP) is 1.62. The molecule has 1 amide bonds. The van der Waals surface area contributed by atoms with Gasteiger partial charge >= 0.3 is 0 Å². The Labute approximate surface area is 154 Å². The third kappa shape index (κ3) is 5.11. The predicted molar refractivity (Wildman–Crippen MR) is 96.8 cm³/mol. The van der Waals surface area contributed by atoms with Crippen molar-refractivity contribution in [2.24, 2.45) is 5.92 Å². The van der Waals surface area contributed by atoms with Crippen LogP contribution in [0.15, 0.2) is 18.2 Å². The van der Waals surface area contributed by atoms with Gasteiger partial charge < -0.3 is 14.4 Å². The molecule has 0 radical (unpaired) electrons. The van der Waals surface area contributed by atoms with Crippen molar-refractivity contribution in [1.82, 2.24) is 4.90 Å². The van der Waals surface area contributed by atoms with Gasteiger partial charge in [-0.05, 0) is 24.5 Å². The smallest absolute Gasteiger partial charge is 0.260 e. The number of hydrogen-bond acceptors (Lipinski definition) is 6. The molecule has 1 aliphatic rings. The van der Waals surface area contributed by atoms with Crippen molar-refractivity contribution in [3.05, 3.63) is 23.8 Å². The van der Waals surface area contributed by atoms with Crippen molar-refractivity contribution in [3.8, 4) is 17.6 Å². The van der Waals surface area contributed by atoms with E-state index in [1.54, 1.807) is 17.0 Å². The van der Waals surface area contributed by atoms with Crippen molar-refractivity contribution in [2.45, 2.75) is 26.3 Å². The van der Waals surface area contributed by atoms with Crippen LogP contribution < -0.4 is 9.47 Å². The Morgan fingerprint density at radius 2 is 2.12 bits per heavy atom. The summed E-state index contributed by atoms with van der Waals surface area (Å²) in [7, 11) is -1.62. The molecule has 8 heteroatoms. The number of nitrogens with zero attached hydrogens (tertiary/aromatic N) is 2. The zero-order valence-corrected chi connectivity index (χ0v) is 16.1. The molecule has 26 heavy (non-hydrogen) atoms. The van der Waals surface area contributed by atoms with Crippen LogP contribution in [0.25, 0.3) is 0 Å². The van der Waals surface area contributed by atoms with E-state index in [9.17, 15) is 13.2 Å². The van der Waals surface area contributed by atoms with Crippen molar-refractivity contribution in [1.29, 1.82) is 5.26 Å². The minimum absolute atomic E-state index is 0.00560. The van der Waals surface area contributed by atoms with E-state index in [2.05, 4.69) is 0 Å². The van der Waals surface area contributed by atoms with E-state index in [0.717, 1.165) is 0 Å². The molecule has 142 valence electrons. The number of rotatable bonds is 7. The van der Waals surface area contributed by atoms with Gasteiger partial charge in [0, 0.05) is 18.7 Å². The Hall–Kier alpha value is -2.27. The van der Waals surface area contributed by atoms with Crippen LogP contribution >= 0.6 is 0 Å². The Balaban J connectivity index is 2.09. The summed E-state index contributed by atoms with van der Waals surface area (Å²) in [6, 6.07) is 6.41. The monoisotopic (exact) mass is 380 g/mol. The molecular formula is C18H24N2O5S. The molecule has 0 spiro atoms. The van der Waals surface area contributed by atoms with Gasteiger partial charge in [-0.3, -0.25) is 4.79 Å². The van der Waals surface area contributed by atoms with Gasteiger partial charge in [0.15, 0.2) is 27.9 Å². The van der Waals surface area contributed by atoms with E-state index in [0.29, 0.717) is 30.0 Å². The van der Waals surface area contributed by atoms with E-state index in [4.69, 9.17) is 14.7 Å². The third-order valence-corrected chi connectivity index (χ3v) is 5.93. The number of carbonyl (C=O) groups excluding carboxylic acids is 1. The van der Waals surface area contributed by atoms with Gasteiger partial charge in [-0.15, -0.1) is 0 Å². The Bertz CT molecular complexity index is 798. The Kier molecular flexibility index (Phi) is 6.48. The highest BCUT2D eigenvalue weighted by Crippen LogP contribution is 2.28. The number of sulfone groups is 1. The highest BCUT2D eigenvalue weighted by Gasteiger charge is 2.35. The molecule has 0 aliphatic carbocycles. The van der Waals surface area contributed by atoms with Crippen molar-refractivity contribution in [2.75, 3.05) is 31.8 Å². The third-order valence-electron chi connectivity index (χ3n) is 4.18. The van der Waals surface area contributed by atoms with Crippen molar-refractivity contribution in [3.63, 3.8) is 0 Å². The lowest BCUT2D eigenvalue weighted by molar-refractivity contribution is -0.135. The summed E-state index contributed by atoms with van der Waals surface area (Å²) in [6.45, 7) is 4.22. The number of methoxy groups -OCH3 is 1. The molecule has 1 atom stereocenters. The first-order valence-corrected chi connectivity index (χ1v) is 10.3. The maximum atomic E-state index is 12.7. The molecule has 7 nitrogen and oxygen atoms in total. The Morgan fingerprint density at radius 1 is 1.38 bits per heavy atom. The van der Waals surface area contributed by atoms with Crippen molar-refractivity contribution < 1.29 is 22.7 Å². The molecule has 0 N–H and O–H groups in total. The van der Waals surface area contributed by atoms with Crippen LogP contribution in [0.3, 0.4) is 0 Å². The molecule has 1 saturated heterocycles. The van der Waals surface area contributed by atoms with Crippen molar-refractivity contribution >= 4 is 15.7 Å². The quantitative estimate of drug-likeness (QED) is 0.713. The normalized spacial score (nSPS) is 18.3. The molecule has 0 aromatic heterocycles. The minimum Gasteiger partial charge on any atom is -0.493 e. The average Bonchev–Trinajstić information content (AvgIpc) is 2.96. The number of amides is 1. The van der Waals surface area contributed by atoms with Crippen LogP contribution in [0, 0.1) is 17.2 Å². The minimum atomic E-state index is -3.08. The van der Waals surface area contributed by atoms with Crippen LogP contribution in [0.1, 0.15) is 25.8 Å². The molecule has 0 unspecified atom stereocenters. The lowest BCUT2D eigenvalue weighted by Crippen LogP contribution is -2.45. The second-order valence-corrected chi connectivity index (χ2v) is 8.99. The van der Waals surface area contributed by atoms with Gasteiger partial charge in [-0.25, -0.2) is 8.42 Å². The van der Waals surface area contributed by atoms with E-state index >= 15 is 0 Å². The van der Waals surface area contributed by atoms with Crippen LogP contribution in [0.5, 0.6) is 11.5 Å². The summed E-state index contributed by atoms with van der Waals surface area (Å²) >= 11 is 0. The van der Waals surface area contributed by atoms with Crippen LogP contribution in [-0.4, -0.2) is 57.0 Å². The first-order chi connectivity index (χ1) is 12.3.